The highest BCUT2D eigenvalue weighted by Crippen LogP contribution is 2.30. The van der Waals surface area contributed by atoms with Gasteiger partial charge in [0.2, 0.25) is 0 Å². The first kappa shape index (κ1) is 17.8. The fraction of sp³-hybridized carbons (Fsp3) is 0.412. The van der Waals surface area contributed by atoms with Crippen LogP contribution < -0.4 is 9.64 Å². The van der Waals surface area contributed by atoms with Gasteiger partial charge in [0.1, 0.15) is 17.4 Å². The third-order valence-corrected chi connectivity index (χ3v) is 3.54. The molecule has 0 amide bonds. The van der Waals surface area contributed by atoms with Gasteiger partial charge in [-0.05, 0) is 19.1 Å². The number of carbonyl (C=O) groups excluding carboxylic acids is 1. The molecule has 1 aromatic carbocycles. The van der Waals surface area contributed by atoms with Crippen LogP contribution in [0.25, 0.3) is 0 Å². The van der Waals surface area contributed by atoms with E-state index in [4.69, 9.17) is 24.2 Å². The SMILES string of the molecule is CCOC(=O)c1ccc(N2C=C(C#N)C(OC)C2)cc1OCOC. The van der Waals surface area contributed by atoms with Crippen LogP contribution in [0.1, 0.15) is 17.3 Å². The van der Waals surface area contributed by atoms with E-state index in [0.717, 1.165) is 5.69 Å². The van der Waals surface area contributed by atoms with E-state index in [0.29, 0.717) is 23.4 Å². The fourth-order valence-corrected chi connectivity index (χ4v) is 2.37. The minimum atomic E-state index is -0.459. The first-order valence-corrected chi connectivity index (χ1v) is 7.48. The van der Waals surface area contributed by atoms with Gasteiger partial charge in [0.05, 0.1) is 24.8 Å². The predicted molar refractivity (Wildman–Crippen MR) is 86.7 cm³/mol. The van der Waals surface area contributed by atoms with Crippen molar-refractivity contribution < 1.29 is 23.7 Å². The monoisotopic (exact) mass is 332 g/mol. The second kappa shape index (κ2) is 8.34. The Bertz CT molecular complexity index is 665. The van der Waals surface area contributed by atoms with Crippen LogP contribution in [0.5, 0.6) is 5.75 Å². The van der Waals surface area contributed by atoms with Crippen molar-refractivity contribution in [3.63, 3.8) is 0 Å². The average Bonchev–Trinajstić information content (AvgIpc) is 3.03. The van der Waals surface area contributed by atoms with Crippen molar-refractivity contribution in [2.24, 2.45) is 0 Å². The molecule has 0 aliphatic carbocycles. The van der Waals surface area contributed by atoms with Crippen molar-refractivity contribution in [2.45, 2.75) is 13.0 Å². The third-order valence-electron chi connectivity index (χ3n) is 3.54. The van der Waals surface area contributed by atoms with Gasteiger partial charge < -0.3 is 23.8 Å². The van der Waals surface area contributed by atoms with Crippen LogP contribution in [0.15, 0.2) is 30.0 Å². The molecule has 0 aromatic heterocycles. The number of esters is 1. The topological polar surface area (TPSA) is 81.0 Å². The number of hydrogen-bond donors (Lipinski definition) is 0. The molecule has 7 nitrogen and oxygen atoms in total. The highest BCUT2D eigenvalue weighted by atomic mass is 16.7. The first-order chi connectivity index (χ1) is 11.6. The van der Waals surface area contributed by atoms with Gasteiger partial charge in [-0.25, -0.2) is 4.79 Å². The second-order valence-electron chi connectivity index (χ2n) is 5.02. The Morgan fingerprint density at radius 3 is 2.79 bits per heavy atom. The molecule has 24 heavy (non-hydrogen) atoms. The highest BCUT2D eigenvalue weighted by molar-refractivity contribution is 5.93. The molecule has 0 saturated heterocycles. The number of ether oxygens (including phenoxy) is 4. The van der Waals surface area contributed by atoms with Crippen molar-refractivity contribution in [1.82, 2.24) is 0 Å². The minimum Gasteiger partial charge on any atom is -0.467 e. The maximum atomic E-state index is 12.0. The van der Waals surface area contributed by atoms with Crippen LogP contribution in [-0.2, 0) is 14.2 Å². The summed E-state index contributed by atoms with van der Waals surface area (Å²) < 4.78 is 20.7. The molecule has 2 rings (SSSR count). The van der Waals surface area contributed by atoms with E-state index in [9.17, 15) is 4.79 Å². The molecule has 1 aliphatic heterocycles. The smallest absolute Gasteiger partial charge is 0.341 e. The van der Waals surface area contributed by atoms with E-state index in [1.807, 2.05) is 4.90 Å². The van der Waals surface area contributed by atoms with Crippen molar-refractivity contribution in [1.29, 1.82) is 5.26 Å². The molecule has 1 aromatic rings. The van der Waals surface area contributed by atoms with Crippen LogP contribution in [0.4, 0.5) is 5.69 Å². The summed E-state index contributed by atoms with van der Waals surface area (Å²) in [5.41, 5.74) is 1.65. The molecule has 0 fully saturated rings. The highest BCUT2D eigenvalue weighted by Gasteiger charge is 2.26. The van der Waals surface area contributed by atoms with Gasteiger partial charge in [0, 0.05) is 32.2 Å². The molecule has 1 heterocycles. The van der Waals surface area contributed by atoms with E-state index in [-0.39, 0.29) is 19.5 Å². The number of hydrogen-bond acceptors (Lipinski definition) is 7. The largest absolute Gasteiger partial charge is 0.467 e. The van der Waals surface area contributed by atoms with Gasteiger partial charge in [-0.3, -0.25) is 0 Å². The lowest BCUT2D eigenvalue weighted by atomic mass is 10.1. The molecular weight excluding hydrogens is 312 g/mol. The number of nitriles is 1. The lowest BCUT2D eigenvalue weighted by Gasteiger charge is -2.19. The van der Waals surface area contributed by atoms with Gasteiger partial charge in [-0.2, -0.15) is 5.26 Å². The summed E-state index contributed by atoms with van der Waals surface area (Å²) in [7, 11) is 3.07. The summed E-state index contributed by atoms with van der Waals surface area (Å²) in [6.07, 6.45) is 1.45. The minimum absolute atomic E-state index is 0.00976. The molecule has 128 valence electrons. The zero-order valence-corrected chi connectivity index (χ0v) is 13.9. The van der Waals surface area contributed by atoms with E-state index in [1.165, 1.54) is 7.11 Å². The van der Waals surface area contributed by atoms with Crippen molar-refractivity contribution >= 4 is 11.7 Å². The Morgan fingerprint density at radius 2 is 2.21 bits per heavy atom. The van der Waals surface area contributed by atoms with Crippen LogP contribution in [0, 0.1) is 11.3 Å². The van der Waals surface area contributed by atoms with Crippen molar-refractivity contribution in [2.75, 3.05) is 39.1 Å². The molecule has 0 radical (unpaired) electrons. The van der Waals surface area contributed by atoms with E-state index < -0.39 is 5.97 Å². The lowest BCUT2D eigenvalue weighted by Crippen LogP contribution is -2.23. The molecule has 0 N–H and O–H groups in total. The van der Waals surface area contributed by atoms with Crippen LogP contribution in [0.3, 0.4) is 0 Å². The molecule has 0 spiro atoms. The number of rotatable bonds is 7. The van der Waals surface area contributed by atoms with Crippen molar-refractivity contribution in [3.05, 3.63) is 35.5 Å². The number of carbonyl (C=O) groups is 1. The quantitative estimate of drug-likeness (QED) is 0.558. The zero-order valence-electron chi connectivity index (χ0n) is 13.9. The van der Waals surface area contributed by atoms with Crippen LogP contribution in [-0.4, -0.2) is 46.2 Å². The molecule has 7 heteroatoms. The van der Waals surface area contributed by atoms with Gasteiger partial charge in [0.15, 0.2) is 6.79 Å². The number of methoxy groups -OCH3 is 2. The molecule has 1 aliphatic rings. The summed E-state index contributed by atoms with van der Waals surface area (Å²) in [6, 6.07) is 7.26. The Hall–Kier alpha value is -2.56. The third kappa shape index (κ3) is 3.85. The standard InChI is InChI=1S/C17H20N2O5/c1-4-23-17(20)14-6-5-13(7-15(14)24-11-21-2)19-9-12(8-18)16(10-19)22-3/h5-7,9,16H,4,10-11H2,1-3H3. The van der Waals surface area contributed by atoms with Gasteiger partial charge >= 0.3 is 5.97 Å². The van der Waals surface area contributed by atoms with Crippen LogP contribution in [0.2, 0.25) is 0 Å². The Balaban J connectivity index is 2.31. The summed E-state index contributed by atoms with van der Waals surface area (Å²) >= 11 is 0. The van der Waals surface area contributed by atoms with Crippen molar-refractivity contribution in [3.8, 4) is 11.8 Å². The van der Waals surface area contributed by atoms with Gasteiger partial charge in [-0.15, -0.1) is 0 Å². The first-order valence-electron chi connectivity index (χ1n) is 7.48. The number of nitrogens with zero attached hydrogens (tertiary/aromatic N) is 2. The second-order valence-corrected chi connectivity index (χ2v) is 5.02. The molecule has 0 saturated carbocycles. The molecular formula is C17H20N2O5. The molecule has 0 bridgehead atoms. The summed E-state index contributed by atoms with van der Waals surface area (Å²) in [5.74, 6) is -0.0971. The van der Waals surface area contributed by atoms with E-state index >= 15 is 0 Å². The Kier molecular flexibility index (Phi) is 6.18. The Morgan fingerprint density at radius 1 is 1.42 bits per heavy atom. The molecule has 1 atom stereocenters. The summed E-state index contributed by atoms with van der Waals surface area (Å²) in [5, 5.41) is 9.15. The predicted octanol–water partition coefficient (Wildman–Crippen LogP) is 2.09. The van der Waals surface area contributed by atoms with E-state index in [1.54, 1.807) is 38.4 Å². The van der Waals surface area contributed by atoms with Gasteiger partial charge in [0.25, 0.3) is 0 Å². The van der Waals surface area contributed by atoms with Gasteiger partial charge in [-0.1, -0.05) is 0 Å². The Labute approximate surface area is 141 Å². The van der Waals surface area contributed by atoms with E-state index in [2.05, 4.69) is 6.07 Å². The number of benzene rings is 1. The normalized spacial score (nSPS) is 16.5. The fourth-order valence-electron chi connectivity index (χ4n) is 2.37. The maximum Gasteiger partial charge on any atom is 0.341 e. The lowest BCUT2D eigenvalue weighted by molar-refractivity contribution is 0.0438. The molecule has 1 unspecified atom stereocenters. The summed E-state index contributed by atoms with van der Waals surface area (Å²) in [4.78, 5) is 13.9. The summed E-state index contributed by atoms with van der Waals surface area (Å²) in [6.45, 7) is 2.54. The number of anilines is 1. The zero-order chi connectivity index (χ0) is 17.5. The van der Waals surface area contributed by atoms with Crippen LogP contribution >= 0.6 is 0 Å². The maximum absolute atomic E-state index is 12.0. The average molecular weight is 332 g/mol.